The lowest BCUT2D eigenvalue weighted by atomic mass is 9.75. The summed E-state index contributed by atoms with van der Waals surface area (Å²) in [6.45, 7) is 0.338. The highest BCUT2D eigenvalue weighted by molar-refractivity contribution is 6.03. The Bertz CT molecular complexity index is 1280. The largest absolute Gasteiger partial charge is 0.481 e. The summed E-state index contributed by atoms with van der Waals surface area (Å²) in [5, 5.41) is 11.3. The maximum absolute atomic E-state index is 13.8. The maximum atomic E-state index is 13.8. The number of fused-ring (bicyclic) bond motifs is 2. The molecule has 0 spiro atoms. The van der Waals surface area contributed by atoms with Crippen molar-refractivity contribution in [2.75, 3.05) is 19.0 Å². The first-order valence-corrected chi connectivity index (χ1v) is 11.2. The van der Waals surface area contributed by atoms with Crippen LogP contribution in [0.25, 0.3) is 10.9 Å². The van der Waals surface area contributed by atoms with Crippen molar-refractivity contribution in [2.24, 2.45) is 5.92 Å². The van der Waals surface area contributed by atoms with Gasteiger partial charge in [0, 0.05) is 54.6 Å². The van der Waals surface area contributed by atoms with Gasteiger partial charge in [-0.15, -0.1) is 0 Å². The number of nitrogens with zero attached hydrogens (tertiary/aromatic N) is 2. The predicted octanol–water partition coefficient (Wildman–Crippen LogP) is 4.66. The SMILES string of the molecule is CN(C)c1ccc(CN2C(=O)C3=CCCC=C3C(C(=O)O)C2c2c[nH]c3ccccc23)cc1. The summed E-state index contributed by atoms with van der Waals surface area (Å²) >= 11 is 0. The molecule has 1 fully saturated rings. The zero-order valence-electron chi connectivity index (χ0n) is 18.8. The molecule has 168 valence electrons. The number of hydrogen-bond acceptors (Lipinski definition) is 3. The fourth-order valence-electron chi connectivity index (χ4n) is 5.05. The van der Waals surface area contributed by atoms with Crippen LogP contribution in [0, 0.1) is 5.92 Å². The molecule has 5 rings (SSSR count). The van der Waals surface area contributed by atoms with E-state index in [-0.39, 0.29) is 5.91 Å². The van der Waals surface area contributed by atoms with Gasteiger partial charge in [-0.2, -0.15) is 0 Å². The molecule has 2 aromatic carbocycles. The molecule has 2 N–H and O–H groups in total. The average Bonchev–Trinajstić information content (AvgIpc) is 3.24. The van der Waals surface area contributed by atoms with Gasteiger partial charge in [0.1, 0.15) is 5.92 Å². The lowest BCUT2D eigenvalue weighted by Crippen LogP contribution is -2.47. The number of aromatic nitrogens is 1. The molecule has 0 saturated carbocycles. The molecule has 1 aromatic heterocycles. The molecule has 0 radical (unpaired) electrons. The van der Waals surface area contributed by atoms with Crippen molar-refractivity contribution < 1.29 is 14.7 Å². The van der Waals surface area contributed by atoms with Crippen molar-refractivity contribution in [1.82, 2.24) is 9.88 Å². The predicted molar refractivity (Wildman–Crippen MR) is 129 cm³/mol. The van der Waals surface area contributed by atoms with Crippen LogP contribution in [0.1, 0.15) is 30.0 Å². The van der Waals surface area contributed by atoms with Gasteiger partial charge >= 0.3 is 5.97 Å². The number of aliphatic carboxylic acids is 1. The molecule has 6 heteroatoms. The second-order valence-electron chi connectivity index (χ2n) is 8.90. The number of amides is 1. The highest BCUT2D eigenvalue weighted by Gasteiger charge is 2.47. The Hall–Kier alpha value is -3.80. The minimum atomic E-state index is -0.912. The van der Waals surface area contributed by atoms with E-state index in [1.54, 1.807) is 4.90 Å². The van der Waals surface area contributed by atoms with E-state index >= 15 is 0 Å². The Morgan fingerprint density at radius 1 is 1.09 bits per heavy atom. The van der Waals surface area contributed by atoms with Crippen LogP contribution in [0.2, 0.25) is 0 Å². The summed E-state index contributed by atoms with van der Waals surface area (Å²) in [4.78, 5) is 33.4. The lowest BCUT2D eigenvalue weighted by molar-refractivity contribution is -0.146. The van der Waals surface area contributed by atoms with Gasteiger partial charge in [-0.3, -0.25) is 9.59 Å². The summed E-state index contributed by atoms with van der Waals surface area (Å²) in [6.07, 6.45) is 7.21. The molecule has 1 amide bonds. The van der Waals surface area contributed by atoms with Crippen molar-refractivity contribution in [3.8, 4) is 0 Å². The number of carboxylic acids is 1. The van der Waals surface area contributed by atoms with E-state index < -0.39 is 17.9 Å². The van der Waals surface area contributed by atoms with E-state index in [2.05, 4.69) is 4.98 Å². The molecular formula is C27H27N3O3. The fraction of sp³-hybridized carbons (Fsp3) is 0.259. The molecule has 0 bridgehead atoms. The summed E-state index contributed by atoms with van der Waals surface area (Å²) < 4.78 is 0. The minimum Gasteiger partial charge on any atom is -0.481 e. The van der Waals surface area contributed by atoms with Crippen molar-refractivity contribution in [1.29, 1.82) is 0 Å². The molecule has 6 nitrogen and oxygen atoms in total. The normalized spacial score (nSPS) is 20.3. The number of carbonyl (C=O) groups excluding carboxylic acids is 1. The van der Waals surface area contributed by atoms with E-state index in [0.29, 0.717) is 17.7 Å². The monoisotopic (exact) mass is 441 g/mol. The molecule has 3 aromatic rings. The van der Waals surface area contributed by atoms with Crippen molar-refractivity contribution in [3.05, 3.63) is 89.2 Å². The minimum absolute atomic E-state index is 0.106. The van der Waals surface area contributed by atoms with Crippen molar-refractivity contribution >= 4 is 28.5 Å². The topological polar surface area (TPSA) is 76.6 Å². The van der Waals surface area contributed by atoms with Crippen LogP contribution in [0.15, 0.2) is 78.0 Å². The lowest BCUT2D eigenvalue weighted by Gasteiger charge is -2.43. The number of allylic oxidation sites excluding steroid dienone is 2. The summed E-state index contributed by atoms with van der Waals surface area (Å²) in [5.41, 5.74) is 4.98. The van der Waals surface area contributed by atoms with Crippen molar-refractivity contribution in [2.45, 2.75) is 25.4 Å². The Morgan fingerprint density at radius 3 is 2.55 bits per heavy atom. The molecule has 1 aliphatic heterocycles. The van der Waals surface area contributed by atoms with Gasteiger partial charge in [0.15, 0.2) is 0 Å². The third-order valence-corrected chi connectivity index (χ3v) is 6.68. The number of aromatic amines is 1. The molecule has 2 atom stereocenters. The third-order valence-electron chi connectivity index (χ3n) is 6.68. The van der Waals surface area contributed by atoms with Crippen LogP contribution >= 0.6 is 0 Å². The second-order valence-corrected chi connectivity index (χ2v) is 8.90. The number of H-pyrrole nitrogens is 1. The van der Waals surface area contributed by atoms with E-state index in [1.807, 2.05) is 85.9 Å². The van der Waals surface area contributed by atoms with E-state index in [0.717, 1.165) is 40.6 Å². The summed E-state index contributed by atoms with van der Waals surface area (Å²) in [6, 6.07) is 15.3. The number of piperidine rings is 1. The summed E-state index contributed by atoms with van der Waals surface area (Å²) in [7, 11) is 3.97. The number of benzene rings is 2. The first kappa shape index (κ1) is 21.1. The summed E-state index contributed by atoms with van der Waals surface area (Å²) in [5.74, 6) is -1.84. The van der Waals surface area contributed by atoms with Gasteiger partial charge in [-0.1, -0.05) is 42.5 Å². The van der Waals surface area contributed by atoms with E-state index in [4.69, 9.17) is 0 Å². The Labute approximate surface area is 192 Å². The average molecular weight is 442 g/mol. The van der Waals surface area contributed by atoms with E-state index in [9.17, 15) is 14.7 Å². The molecule has 2 aliphatic rings. The number of carboxylic acid groups (broad SMARTS) is 1. The maximum Gasteiger partial charge on any atom is 0.313 e. The zero-order chi connectivity index (χ0) is 23.1. The number of anilines is 1. The van der Waals surface area contributed by atoms with Gasteiger partial charge in [0.2, 0.25) is 0 Å². The Balaban J connectivity index is 1.64. The molecule has 1 aliphatic carbocycles. The number of hydrogen-bond donors (Lipinski definition) is 2. The standard InChI is InChI=1S/C27H27N3O3/c1-29(2)18-13-11-17(12-14-18)16-30-25(22-15-28-23-10-6-5-7-19(22)23)24(27(32)33)20-8-3-4-9-21(20)26(30)31/h5-15,24-25,28H,3-4,16H2,1-2H3,(H,32,33). The smallest absolute Gasteiger partial charge is 0.313 e. The molecule has 2 heterocycles. The van der Waals surface area contributed by atoms with Gasteiger partial charge < -0.3 is 19.9 Å². The first-order chi connectivity index (χ1) is 16.0. The van der Waals surface area contributed by atoms with Gasteiger partial charge in [0.25, 0.3) is 5.91 Å². The molecule has 33 heavy (non-hydrogen) atoms. The number of carbonyl (C=O) groups is 2. The molecule has 2 unspecified atom stereocenters. The Kier molecular flexibility index (Phi) is 5.29. The number of likely N-dealkylation sites (tertiary alicyclic amines) is 1. The number of para-hydroxylation sites is 1. The highest BCUT2D eigenvalue weighted by Crippen LogP contribution is 2.46. The second kappa shape index (κ2) is 8.28. The highest BCUT2D eigenvalue weighted by atomic mass is 16.4. The first-order valence-electron chi connectivity index (χ1n) is 11.2. The Morgan fingerprint density at radius 2 is 1.82 bits per heavy atom. The van der Waals surface area contributed by atoms with Crippen molar-refractivity contribution in [3.63, 3.8) is 0 Å². The fourth-order valence-corrected chi connectivity index (χ4v) is 5.05. The van der Waals surface area contributed by atoms with Crippen LogP contribution in [-0.4, -0.2) is 41.0 Å². The number of nitrogens with one attached hydrogen (secondary N) is 1. The third kappa shape index (κ3) is 3.61. The number of rotatable bonds is 5. The van der Waals surface area contributed by atoms with Crippen LogP contribution < -0.4 is 4.90 Å². The molecular weight excluding hydrogens is 414 g/mol. The zero-order valence-corrected chi connectivity index (χ0v) is 18.8. The quantitative estimate of drug-likeness (QED) is 0.604. The van der Waals surface area contributed by atoms with Gasteiger partial charge in [-0.05, 0) is 42.2 Å². The van der Waals surface area contributed by atoms with Crippen LogP contribution in [0.4, 0.5) is 5.69 Å². The van der Waals surface area contributed by atoms with E-state index in [1.165, 1.54) is 0 Å². The molecule has 1 saturated heterocycles. The van der Waals surface area contributed by atoms with Crippen LogP contribution in [-0.2, 0) is 16.1 Å². The van der Waals surface area contributed by atoms with Crippen LogP contribution in [0.5, 0.6) is 0 Å². The van der Waals surface area contributed by atoms with Gasteiger partial charge in [-0.25, -0.2) is 0 Å². The van der Waals surface area contributed by atoms with Crippen LogP contribution in [0.3, 0.4) is 0 Å². The van der Waals surface area contributed by atoms with Gasteiger partial charge in [0.05, 0.1) is 6.04 Å².